The average Bonchev–Trinajstić information content (AvgIpc) is 2.26. The van der Waals surface area contributed by atoms with E-state index in [1.807, 2.05) is 30.3 Å². The summed E-state index contributed by atoms with van der Waals surface area (Å²) in [5.74, 6) is -0.335. The molecule has 0 fully saturated rings. The van der Waals surface area contributed by atoms with Crippen molar-refractivity contribution in [3.8, 4) is 0 Å². The molecular formula is C11H13NO3. The van der Waals surface area contributed by atoms with Gasteiger partial charge in [0.1, 0.15) is 6.29 Å². The van der Waals surface area contributed by atoms with Crippen LogP contribution < -0.4 is 0 Å². The smallest absolute Gasteiger partial charge is 0.217 e. The van der Waals surface area contributed by atoms with Crippen LogP contribution >= 0.6 is 0 Å². The molecule has 0 saturated carbocycles. The summed E-state index contributed by atoms with van der Waals surface area (Å²) in [6.45, 7) is 1.53. The molecule has 80 valence electrons. The Bertz CT molecular complexity index is 337. The number of hydrogen-bond acceptors (Lipinski definition) is 3. The van der Waals surface area contributed by atoms with Crippen molar-refractivity contribution in [2.75, 3.05) is 0 Å². The maximum Gasteiger partial charge on any atom is 0.217 e. The Morgan fingerprint density at radius 1 is 1.40 bits per heavy atom. The molecule has 0 aromatic heterocycles. The third-order valence-electron chi connectivity index (χ3n) is 2.49. The highest BCUT2D eigenvalue weighted by molar-refractivity contribution is 5.52. The Kier molecular flexibility index (Phi) is 3.97. The van der Waals surface area contributed by atoms with Crippen molar-refractivity contribution in [3.05, 3.63) is 46.0 Å². The molecule has 1 rings (SSSR count). The lowest BCUT2D eigenvalue weighted by atomic mass is 9.90. The van der Waals surface area contributed by atoms with Crippen LogP contribution in [0.4, 0.5) is 0 Å². The Morgan fingerprint density at radius 2 is 2.00 bits per heavy atom. The standard InChI is InChI=1S/C11H13NO3/c1-9(12(14)15)11(7-8-13)10-5-3-2-4-6-10/h2-6,8-9,11H,7H2,1H3. The van der Waals surface area contributed by atoms with Crippen molar-refractivity contribution in [2.24, 2.45) is 0 Å². The van der Waals surface area contributed by atoms with Crippen LogP contribution in [-0.4, -0.2) is 17.3 Å². The third kappa shape index (κ3) is 2.87. The van der Waals surface area contributed by atoms with Crippen molar-refractivity contribution in [3.63, 3.8) is 0 Å². The number of carbonyl (C=O) groups excluding carboxylic acids is 1. The van der Waals surface area contributed by atoms with E-state index >= 15 is 0 Å². The van der Waals surface area contributed by atoms with Gasteiger partial charge >= 0.3 is 0 Å². The molecule has 0 aliphatic rings. The summed E-state index contributed by atoms with van der Waals surface area (Å²) in [5, 5.41) is 10.7. The molecule has 0 amide bonds. The van der Waals surface area contributed by atoms with Crippen LogP contribution in [0.25, 0.3) is 0 Å². The first kappa shape index (κ1) is 11.4. The van der Waals surface area contributed by atoms with Gasteiger partial charge in [-0.3, -0.25) is 10.1 Å². The summed E-state index contributed by atoms with van der Waals surface area (Å²) < 4.78 is 0. The first-order chi connectivity index (χ1) is 7.16. The van der Waals surface area contributed by atoms with Gasteiger partial charge < -0.3 is 4.79 Å². The van der Waals surface area contributed by atoms with Crippen LogP contribution in [0.3, 0.4) is 0 Å². The quantitative estimate of drug-likeness (QED) is 0.421. The first-order valence-electron chi connectivity index (χ1n) is 4.79. The molecule has 2 atom stereocenters. The fraction of sp³-hybridized carbons (Fsp3) is 0.364. The van der Waals surface area contributed by atoms with E-state index < -0.39 is 6.04 Å². The van der Waals surface area contributed by atoms with Gasteiger partial charge in [0.15, 0.2) is 0 Å². The summed E-state index contributed by atoms with van der Waals surface area (Å²) >= 11 is 0. The van der Waals surface area contributed by atoms with Crippen molar-refractivity contribution in [1.82, 2.24) is 0 Å². The number of nitrogens with zero attached hydrogens (tertiary/aromatic N) is 1. The van der Waals surface area contributed by atoms with Crippen LogP contribution in [0.2, 0.25) is 0 Å². The molecule has 0 heterocycles. The second kappa shape index (κ2) is 5.24. The molecule has 0 N–H and O–H groups in total. The lowest BCUT2D eigenvalue weighted by Crippen LogP contribution is -2.24. The molecule has 0 spiro atoms. The molecule has 1 aromatic carbocycles. The highest BCUT2D eigenvalue weighted by atomic mass is 16.6. The Balaban J connectivity index is 2.92. The number of hydrogen-bond donors (Lipinski definition) is 0. The molecule has 2 unspecified atom stereocenters. The van der Waals surface area contributed by atoms with Crippen molar-refractivity contribution < 1.29 is 9.72 Å². The van der Waals surface area contributed by atoms with Crippen LogP contribution in [0.1, 0.15) is 24.8 Å². The van der Waals surface area contributed by atoms with Crippen molar-refractivity contribution in [1.29, 1.82) is 0 Å². The van der Waals surface area contributed by atoms with E-state index in [-0.39, 0.29) is 17.3 Å². The predicted molar refractivity (Wildman–Crippen MR) is 56.3 cm³/mol. The van der Waals surface area contributed by atoms with Crippen LogP contribution in [0.5, 0.6) is 0 Å². The minimum Gasteiger partial charge on any atom is -0.303 e. The molecule has 0 radical (unpaired) electrons. The lowest BCUT2D eigenvalue weighted by molar-refractivity contribution is -0.522. The van der Waals surface area contributed by atoms with Crippen LogP contribution in [-0.2, 0) is 4.79 Å². The van der Waals surface area contributed by atoms with Crippen molar-refractivity contribution >= 4 is 6.29 Å². The number of nitro groups is 1. The Labute approximate surface area is 88.1 Å². The maximum absolute atomic E-state index is 10.7. The molecular weight excluding hydrogens is 194 g/mol. The minimum absolute atomic E-state index is 0.187. The van der Waals surface area contributed by atoms with Crippen molar-refractivity contribution in [2.45, 2.75) is 25.3 Å². The largest absolute Gasteiger partial charge is 0.303 e. The summed E-state index contributed by atoms with van der Waals surface area (Å²) in [5.41, 5.74) is 0.841. The summed E-state index contributed by atoms with van der Waals surface area (Å²) in [6, 6.07) is 8.37. The molecule has 0 aliphatic carbocycles. The first-order valence-corrected chi connectivity index (χ1v) is 4.79. The van der Waals surface area contributed by atoms with Gasteiger partial charge in [-0.2, -0.15) is 0 Å². The average molecular weight is 207 g/mol. The van der Waals surface area contributed by atoms with Gasteiger partial charge in [0.25, 0.3) is 0 Å². The van der Waals surface area contributed by atoms with Gasteiger partial charge in [0.2, 0.25) is 6.04 Å². The summed E-state index contributed by atoms with van der Waals surface area (Å²) in [4.78, 5) is 20.8. The maximum atomic E-state index is 10.7. The minimum atomic E-state index is -0.738. The molecule has 0 aliphatic heterocycles. The third-order valence-corrected chi connectivity index (χ3v) is 2.49. The van der Waals surface area contributed by atoms with E-state index in [2.05, 4.69) is 0 Å². The fourth-order valence-electron chi connectivity index (χ4n) is 1.56. The Hall–Kier alpha value is -1.71. The van der Waals surface area contributed by atoms with Gasteiger partial charge in [0, 0.05) is 18.3 Å². The highest BCUT2D eigenvalue weighted by Gasteiger charge is 2.27. The molecule has 1 aromatic rings. The van der Waals surface area contributed by atoms with Gasteiger partial charge in [-0.25, -0.2) is 0 Å². The molecule has 15 heavy (non-hydrogen) atoms. The van der Waals surface area contributed by atoms with Gasteiger partial charge in [-0.15, -0.1) is 0 Å². The number of benzene rings is 1. The summed E-state index contributed by atoms with van der Waals surface area (Å²) in [6.07, 6.45) is 0.920. The van der Waals surface area contributed by atoms with E-state index in [9.17, 15) is 14.9 Å². The predicted octanol–water partition coefficient (Wildman–Crippen LogP) is 2.02. The fourth-order valence-corrected chi connectivity index (χ4v) is 1.56. The number of rotatable bonds is 5. The zero-order chi connectivity index (χ0) is 11.3. The zero-order valence-corrected chi connectivity index (χ0v) is 8.50. The van der Waals surface area contributed by atoms with E-state index in [0.717, 1.165) is 11.8 Å². The van der Waals surface area contributed by atoms with Gasteiger partial charge in [-0.05, 0) is 5.56 Å². The van der Waals surface area contributed by atoms with Gasteiger partial charge in [0.05, 0.1) is 5.92 Å². The van der Waals surface area contributed by atoms with E-state index in [4.69, 9.17) is 0 Å². The molecule has 0 saturated heterocycles. The molecule has 4 heteroatoms. The van der Waals surface area contributed by atoms with Crippen LogP contribution in [0, 0.1) is 10.1 Å². The second-order valence-corrected chi connectivity index (χ2v) is 3.45. The number of carbonyl (C=O) groups is 1. The second-order valence-electron chi connectivity index (χ2n) is 3.45. The summed E-state index contributed by atoms with van der Waals surface area (Å²) in [7, 11) is 0. The normalized spacial score (nSPS) is 14.2. The monoisotopic (exact) mass is 207 g/mol. The van der Waals surface area contributed by atoms with Gasteiger partial charge in [-0.1, -0.05) is 30.3 Å². The van der Waals surface area contributed by atoms with E-state index in [1.165, 1.54) is 6.92 Å². The number of aldehydes is 1. The Morgan fingerprint density at radius 3 is 2.47 bits per heavy atom. The topological polar surface area (TPSA) is 60.2 Å². The van der Waals surface area contributed by atoms with Crippen LogP contribution in [0.15, 0.2) is 30.3 Å². The lowest BCUT2D eigenvalue weighted by Gasteiger charge is -2.15. The SMILES string of the molecule is CC(C(CC=O)c1ccccc1)[N+](=O)[O-]. The zero-order valence-electron chi connectivity index (χ0n) is 8.50. The highest BCUT2D eigenvalue weighted by Crippen LogP contribution is 2.23. The molecule has 4 nitrogen and oxygen atoms in total. The van der Waals surface area contributed by atoms with E-state index in [1.54, 1.807) is 0 Å². The van der Waals surface area contributed by atoms with E-state index in [0.29, 0.717) is 0 Å². The molecule has 0 bridgehead atoms.